The predicted molar refractivity (Wildman–Crippen MR) is 74.5 cm³/mol. The van der Waals surface area contributed by atoms with Gasteiger partial charge in [-0.1, -0.05) is 6.92 Å². The molecule has 0 aromatic heterocycles. The number of piperazine rings is 1. The molecule has 1 heterocycles. The SMILES string of the molecule is CSC(C)CNC(=O)C(C)(C)N1CCNCC1. The van der Waals surface area contributed by atoms with Crippen molar-refractivity contribution >= 4 is 17.7 Å². The second kappa shape index (κ2) is 6.61. The molecule has 0 aromatic rings. The number of amides is 1. The Labute approximate surface area is 109 Å². The first kappa shape index (κ1) is 14.8. The molecule has 0 bridgehead atoms. The number of carbonyl (C=O) groups is 1. The van der Waals surface area contributed by atoms with Crippen molar-refractivity contribution in [1.29, 1.82) is 0 Å². The van der Waals surface area contributed by atoms with Crippen LogP contribution in [0.15, 0.2) is 0 Å². The zero-order valence-corrected chi connectivity index (χ0v) is 12.2. The molecule has 17 heavy (non-hydrogen) atoms. The maximum absolute atomic E-state index is 12.2. The molecule has 1 fully saturated rings. The maximum Gasteiger partial charge on any atom is 0.239 e. The van der Waals surface area contributed by atoms with Crippen molar-refractivity contribution in [2.75, 3.05) is 39.0 Å². The van der Waals surface area contributed by atoms with Gasteiger partial charge < -0.3 is 10.6 Å². The van der Waals surface area contributed by atoms with E-state index in [4.69, 9.17) is 0 Å². The van der Waals surface area contributed by atoms with Crippen molar-refractivity contribution in [1.82, 2.24) is 15.5 Å². The minimum absolute atomic E-state index is 0.139. The van der Waals surface area contributed by atoms with Crippen LogP contribution in [0.1, 0.15) is 20.8 Å². The molecule has 5 heteroatoms. The number of nitrogens with one attached hydrogen (secondary N) is 2. The number of hydrogen-bond acceptors (Lipinski definition) is 4. The first-order chi connectivity index (χ1) is 7.98. The highest BCUT2D eigenvalue weighted by Crippen LogP contribution is 2.15. The van der Waals surface area contributed by atoms with Crippen LogP contribution in [0.2, 0.25) is 0 Å². The summed E-state index contributed by atoms with van der Waals surface area (Å²) in [6.07, 6.45) is 2.07. The second-order valence-corrected chi connectivity index (χ2v) is 6.33. The summed E-state index contributed by atoms with van der Waals surface area (Å²) in [5, 5.41) is 6.83. The van der Waals surface area contributed by atoms with Crippen molar-refractivity contribution in [3.63, 3.8) is 0 Å². The Bertz CT molecular complexity index is 252. The van der Waals surface area contributed by atoms with Gasteiger partial charge in [0.15, 0.2) is 0 Å². The zero-order chi connectivity index (χ0) is 12.9. The molecule has 1 aliphatic rings. The lowest BCUT2D eigenvalue weighted by molar-refractivity contribution is -0.132. The van der Waals surface area contributed by atoms with E-state index >= 15 is 0 Å². The van der Waals surface area contributed by atoms with E-state index in [0.29, 0.717) is 5.25 Å². The molecule has 2 N–H and O–H groups in total. The largest absolute Gasteiger partial charge is 0.353 e. The fraction of sp³-hybridized carbons (Fsp3) is 0.917. The summed E-state index contributed by atoms with van der Waals surface area (Å²) >= 11 is 1.77. The molecule has 1 atom stereocenters. The van der Waals surface area contributed by atoms with Gasteiger partial charge in [0, 0.05) is 38.0 Å². The van der Waals surface area contributed by atoms with Gasteiger partial charge in [-0.15, -0.1) is 0 Å². The third-order valence-corrected chi connectivity index (χ3v) is 4.39. The van der Waals surface area contributed by atoms with E-state index in [-0.39, 0.29) is 5.91 Å². The van der Waals surface area contributed by atoms with Crippen molar-refractivity contribution in [2.45, 2.75) is 31.6 Å². The molecule has 4 nitrogen and oxygen atoms in total. The van der Waals surface area contributed by atoms with Crippen LogP contribution in [-0.4, -0.2) is 60.6 Å². The number of thioether (sulfide) groups is 1. The van der Waals surface area contributed by atoms with Gasteiger partial charge in [-0.25, -0.2) is 0 Å². The van der Waals surface area contributed by atoms with Gasteiger partial charge in [-0.2, -0.15) is 11.8 Å². The summed E-state index contributed by atoms with van der Waals surface area (Å²) in [7, 11) is 0. The summed E-state index contributed by atoms with van der Waals surface area (Å²) in [6, 6.07) is 0. The predicted octanol–water partition coefficient (Wildman–Crippen LogP) is 0.538. The highest BCUT2D eigenvalue weighted by Gasteiger charge is 2.34. The van der Waals surface area contributed by atoms with Crippen LogP contribution in [0.5, 0.6) is 0 Å². The first-order valence-electron chi connectivity index (χ1n) is 6.25. The monoisotopic (exact) mass is 259 g/mol. The van der Waals surface area contributed by atoms with E-state index in [0.717, 1.165) is 32.7 Å². The topological polar surface area (TPSA) is 44.4 Å². The molecule has 0 aliphatic carbocycles. The lowest BCUT2D eigenvalue weighted by atomic mass is 10.0. The normalized spacial score (nSPS) is 20.0. The standard InChI is InChI=1S/C12H25N3OS/c1-10(17-4)9-14-11(16)12(2,3)15-7-5-13-6-8-15/h10,13H,5-9H2,1-4H3,(H,14,16). The van der Waals surface area contributed by atoms with Crippen molar-refractivity contribution in [2.24, 2.45) is 0 Å². The summed E-state index contributed by atoms with van der Waals surface area (Å²) in [4.78, 5) is 14.5. The van der Waals surface area contributed by atoms with E-state index in [1.54, 1.807) is 11.8 Å². The molecule has 0 aromatic carbocycles. The zero-order valence-electron chi connectivity index (χ0n) is 11.4. The quantitative estimate of drug-likeness (QED) is 0.756. The summed E-state index contributed by atoms with van der Waals surface area (Å²) in [6.45, 7) is 10.7. The van der Waals surface area contributed by atoms with Gasteiger partial charge in [-0.3, -0.25) is 9.69 Å². The molecular weight excluding hydrogens is 234 g/mol. The van der Waals surface area contributed by atoms with Crippen LogP contribution in [0.4, 0.5) is 0 Å². The maximum atomic E-state index is 12.2. The molecule has 0 radical (unpaired) electrons. The van der Waals surface area contributed by atoms with Gasteiger partial charge in [-0.05, 0) is 20.1 Å². The molecule has 1 rings (SSSR count). The molecular formula is C12H25N3OS. The Morgan fingerprint density at radius 1 is 1.47 bits per heavy atom. The van der Waals surface area contributed by atoms with E-state index < -0.39 is 5.54 Å². The van der Waals surface area contributed by atoms with Crippen LogP contribution in [0, 0.1) is 0 Å². The molecule has 1 amide bonds. The average molecular weight is 259 g/mol. The minimum atomic E-state index is -0.403. The van der Waals surface area contributed by atoms with Gasteiger partial charge in [0.1, 0.15) is 0 Å². The Balaban J connectivity index is 2.47. The summed E-state index contributed by atoms with van der Waals surface area (Å²) in [5.41, 5.74) is -0.403. The number of nitrogens with zero attached hydrogens (tertiary/aromatic N) is 1. The Morgan fingerprint density at radius 3 is 2.59 bits per heavy atom. The fourth-order valence-electron chi connectivity index (χ4n) is 1.90. The van der Waals surface area contributed by atoms with E-state index in [9.17, 15) is 4.79 Å². The Hall–Kier alpha value is -0.260. The molecule has 100 valence electrons. The van der Waals surface area contributed by atoms with Crippen LogP contribution < -0.4 is 10.6 Å². The van der Waals surface area contributed by atoms with Crippen molar-refractivity contribution in [3.8, 4) is 0 Å². The second-order valence-electron chi connectivity index (χ2n) is 5.05. The van der Waals surface area contributed by atoms with Crippen LogP contribution in [0.25, 0.3) is 0 Å². The van der Waals surface area contributed by atoms with Crippen molar-refractivity contribution < 1.29 is 4.79 Å². The first-order valence-corrected chi connectivity index (χ1v) is 7.54. The Kier molecular flexibility index (Phi) is 5.76. The minimum Gasteiger partial charge on any atom is -0.353 e. The number of hydrogen-bond donors (Lipinski definition) is 2. The fourth-order valence-corrected chi connectivity index (χ4v) is 2.15. The van der Waals surface area contributed by atoms with E-state index in [1.165, 1.54) is 0 Å². The lowest BCUT2D eigenvalue weighted by Gasteiger charge is -2.39. The highest BCUT2D eigenvalue weighted by atomic mass is 32.2. The third-order valence-electron chi connectivity index (χ3n) is 3.42. The van der Waals surface area contributed by atoms with Gasteiger partial charge in [0.2, 0.25) is 5.91 Å². The molecule has 1 saturated heterocycles. The molecule has 0 saturated carbocycles. The smallest absolute Gasteiger partial charge is 0.239 e. The van der Waals surface area contributed by atoms with Crippen LogP contribution in [0.3, 0.4) is 0 Å². The summed E-state index contributed by atoms with van der Waals surface area (Å²) < 4.78 is 0. The van der Waals surface area contributed by atoms with Crippen LogP contribution >= 0.6 is 11.8 Å². The van der Waals surface area contributed by atoms with Gasteiger partial charge in [0.25, 0.3) is 0 Å². The highest BCUT2D eigenvalue weighted by molar-refractivity contribution is 7.99. The van der Waals surface area contributed by atoms with Crippen molar-refractivity contribution in [3.05, 3.63) is 0 Å². The third kappa shape index (κ3) is 4.16. The molecule has 0 spiro atoms. The number of rotatable bonds is 5. The van der Waals surface area contributed by atoms with Gasteiger partial charge >= 0.3 is 0 Å². The Morgan fingerprint density at radius 2 is 2.06 bits per heavy atom. The molecule has 1 aliphatic heterocycles. The van der Waals surface area contributed by atoms with E-state index in [1.807, 2.05) is 13.8 Å². The number of carbonyl (C=O) groups excluding carboxylic acids is 1. The average Bonchev–Trinajstić information content (AvgIpc) is 2.36. The van der Waals surface area contributed by atoms with Crippen LogP contribution in [-0.2, 0) is 4.79 Å². The molecule has 1 unspecified atom stereocenters. The lowest BCUT2D eigenvalue weighted by Crippen LogP contribution is -2.60. The summed E-state index contributed by atoms with van der Waals surface area (Å²) in [5.74, 6) is 0.139. The van der Waals surface area contributed by atoms with Gasteiger partial charge in [0.05, 0.1) is 5.54 Å². The van der Waals surface area contributed by atoms with E-state index in [2.05, 4.69) is 28.7 Å².